The van der Waals surface area contributed by atoms with Gasteiger partial charge in [0.15, 0.2) is 0 Å². The SMILES string of the molecule is CC(O)c1ccc(Br)cc1Oc1ccc(Br)c(F)c1. The van der Waals surface area contributed by atoms with E-state index in [4.69, 9.17) is 4.74 Å². The second kappa shape index (κ2) is 6.03. The summed E-state index contributed by atoms with van der Waals surface area (Å²) in [4.78, 5) is 0. The summed E-state index contributed by atoms with van der Waals surface area (Å²) in [5, 5.41) is 9.70. The molecule has 2 rings (SSSR count). The highest BCUT2D eigenvalue weighted by molar-refractivity contribution is 9.10. The summed E-state index contributed by atoms with van der Waals surface area (Å²) in [6.07, 6.45) is -0.664. The van der Waals surface area contributed by atoms with Crippen molar-refractivity contribution in [3.05, 3.63) is 56.7 Å². The first-order chi connectivity index (χ1) is 8.97. The van der Waals surface area contributed by atoms with E-state index in [9.17, 15) is 9.50 Å². The quantitative estimate of drug-likeness (QED) is 0.781. The molecule has 0 aliphatic rings. The molecule has 0 aliphatic carbocycles. The zero-order chi connectivity index (χ0) is 14.0. The number of benzene rings is 2. The van der Waals surface area contributed by atoms with Crippen molar-refractivity contribution in [1.82, 2.24) is 0 Å². The van der Waals surface area contributed by atoms with Crippen molar-refractivity contribution in [2.24, 2.45) is 0 Å². The number of aliphatic hydroxyl groups excluding tert-OH is 1. The van der Waals surface area contributed by atoms with Crippen molar-refractivity contribution in [1.29, 1.82) is 0 Å². The Morgan fingerprint density at radius 3 is 2.53 bits per heavy atom. The first-order valence-electron chi connectivity index (χ1n) is 5.58. The predicted octanol–water partition coefficient (Wildman–Crippen LogP) is 5.20. The van der Waals surface area contributed by atoms with Crippen LogP contribution in [-0.4, -0.2) is 5.11 Å². The molecule has 0 spiro atoms. The molecule has 0 amide bonds. The summed E-state index contributed by atoms with van der Waals surface area (Å²) in [6, 6.07) is 9.83. The van der Waals surface area contributed by atoms with E-state index >= 15 is 0 Å². The molecule has 0 radical (unpaired) electrons. The first-order valence-corrected chi connectivity index (χ1v) is 7.16. The molecule has 0 bridgehead atoms. The van der Waals surface area contributed by atoms with E-state index < -0.39 is 11.9 Å². The fourth-order valence-corrected chi connectivity index (χ4v) is 2.20. The molecule has 1 N–H and O–H groups in total. The van der Waals surface area contributed by atoms with Crippen LogP contribution in [0.2, 0.25) is 0 Å². The first kappa shape index (κ1) is 14.5. The molecule has 2 aromatic carbocycles. The van der Waals surface area contributed by atoms with Crippen molar-refractivity contribution in [3.63, 3.8) is 0 Å². The second-order valence-electron chi connectivity index (χ2n) is 4.04. The lowest BCUT2D eigenvalue weighted by atomic mass is 10.1. The number of hydrogen-bond acceptors (Lipinski definition) is 2. The largest absolute Gasteiger partial charge is 0.457 e. The van der Waals surface area contributed by atoms with Crippen LogP contribution >= 0.6 is 31.9 Å². The molecule has 0 saturated heterocycles. The Kier molecular flexibility index (Phi) is 4.60. The van der Waals surface area contributed by atoms with E-state index in [0.29, 0.717) is 21.5 Å². The van der Waals surface area contributed by atoms with Gasteiger partial charge < -0.3 is 9.84 Å². The second-order valence-corrected chi connectivity index (χ2v) is 5.81. The Balaban J connectivity index is 2.36. The third-order valence-electron chi connectivity index (χ3n) is 2.54. The standard InChI is InChI=1S/C14H11Br2FO2/c1-8(18)11-4-2-9(15)6-14(11)19-10-3-5-12(16)13(17)7-10/h2-8,18H,1H3. The van der Waals surface area contributed by atoms with Gasteiger partial charge in [-0.2, -0.15) is 0 Å². The minimum atomic E-state index is -0.664. The highest BCUT2D eigenvalue weighted by Gasteiger charge is 2.11. The summed E-state index contributed by atoms with van der Waals surface area (Å²) in [5.74, 6) is 0.470. The molecular weight excluding hydrogens is 379 g/mol. The third-order valence-corrected chi connectivity index (χ3v) is 3.68. The fourth-order valence-electron chi connectivity index (χ4n) is 1.61. The summed E-state index contributed by atoms with van der Waals surface area (Å²) in [7, 11) is 0. The van der Waals surface area contributed by atoms with Crippen LogP contribution in [-0.2, 0) is 0 Å². The van der Waals surface area contributed by atoms with Gasteiger partial charge in [0.05, 0.1) is 10.6 Å². The molecule has 0 aromatic heterocycles. The average Bonchev–Trinajstić information content (AvgIpc) is 2.33. The Hall–Kier alpha value is -0.910. The monoisotopic (exact) mass is 388 g/mol. The fraction of sp³-hybridized carbons (Fsp3) is 0.143. The zero-order valence-corrected chi connectivity index (χ0v) is 13.2. The van der Waals surface area contributed by atoms with E-state index in [1.54, 1.807) is 31.2 Å². The summed E-state index contributed by atoms with van der Waals surface area (Å²) in [6.45, 7) is 1.65. The van der Waals surface area contributed by atoms with Gasteiger partial charge in [0.1, 0.15) is 17.3 Å². The lowest BCUT2D eigenvalue weighted by Gasteiger charge is -2.13. The summed E-state index contributed by atoms with van der Waals surface area (Å²) >= 11 is 6.43. The van der Waals surface area contributed by atoms with E-state index in [-0.39, 0.29) is 0 Å². The van der Waals surface area contributed by atoms with Crippen molar-refractivity contribution >= 4 is 31.9 Å². The molecule has 2 nitrogen and oxygen atoms in total. The third kappa shape index (κ3) is 3.55. The van der Waals surface area contributed by atoms with Crippen LogP contribution in [0.1, 0.15) is 18.6 Å². The van der Waals surface area contributed by atoms with Crippen LogP contribution in [0, 0.1) is 5.82 Å². The summed E-state index contributed by atoms with van der Waals surface area (Å²) in [5.41, 5.74) is 0.645. The van der Waals surface area contributed by atoms with Crippen LogP contribution in [0.3, 0.4) is 0 Å². The maximum Gasteiger partial charge on any atom is 0.141 e. The van der Waals surface area contributed by atoms with E-state index in [1.165, 1.54) is 6.07 Å². The van der Waals surface area contributed by atoms with Crippen LogP contribution in [0.4, 0.5) is 4.39 Å². The van der Waals surface area contributed by atoms with Gasteiger partial charge in [0, 0.05) is 16.1 Å². The number of halogens is 3. The Labute approximate surface area is 127 Å². The van der Waals surface area contributed by atoms with Gasteiger partial charge in [0.2, 0.25) is 0 Å². The Morgan fingerprint density at radius 1 is 1.16 bits per heavy atom. The molecule has 100 valence electrons. The molecule has 5 heteroatoms. The van der Waals surface area contributed by atoms with E-state index in [1.807, 2.05) is 6.07 Å². The van der Waals surface area contributed by atoms with Gasteiger partial charge in [-0.3, -0.25) is 0 Å². The molecule has 0 aliphatic heterocycles. The maximum atomic E-state index is 13.4. The molecule has 1 atom stereocenters. The molecule has 0 saturated carbocycles. The minimum Gasteiger partial charge on any atom is -0.457 e. The van der Waals surface area contributed by atoms with E-state index in [0.717, 1.165) is 4.47 Å². The van der Waals surface area contributed by atoms with Crippen LogP contribution in [0.25, 0.3) is 0 Å². The van der Waals surface area contributed by atoms with E-state index in [2.05, 4.69) is 31.9 Å². The highest BCUT2D eigenvalue weighted by Crippen LogP contribution is 2.33. The van der Waals surface area contributed by atoms with Crippen molar-refractivity contribution in [3.8, 4) is 11.5 Å². The van der Waals surface area contributed by atoms with Gasteiger partial charge in [0.25, 0.3) is 0 Å². The number of aliphatic hydroxyl groups is 1. The minimum absolute atomic E-state index is 0.376. The zero-order valence-electron chi connectivity index (χ0n) is 10.0. The average molecular weight is 390 g/mol. The van der Waals surface area contributed by atoms with Crippen LogP contribution in [0.5, 0.6) is 11.5 Å². The normalized spacial score (nSPS) is 12.3. The highest BCUT2D eigenvalue weighted by atomic mass is 79.9. The Morgan fingerprint density at radius 2 is 1.89 bits per heavy atom. The Bertz CT molecular complexity index is 600. The molecule has 19 heavy (non-hydrogen) atoms. The van der Waals surface area contributed by atoms with Crippen LogP contribution in [0.15, 0.2) is 45.3 Å². The maximum absolute atomic E-state index is 13.4. The van der Waals surface area contributed by atoms with Crippen molar-refractivity contribution in [2.75, 3.05) is 0 Å². The number of hydrogen-bond donors (Lipinski definition) is 1. The molecule has 0 fully saturated rings. The van der Waals surface area contributed by atoms with Gasteiger partial charge >= 0.3 is 0 Å². The lowest BCUT2D eigenvalue weighted by molar-refractivity contribution is 0.195. The molecule has 1 unspecified atom stereocenters. The van der Waals surface area contributed by atoms with Gasteiger partial charge in [-0.05, 0) is 47.1 Å². The number of rotatable bonds is 3. The van der Waals surface area contributed by atoms with Crippen LogP contribution < -0.4 is 4.74 Å². The lowest BCUT2D eigenvalue weighted by Crippen LogP contribution is -1.96. The molecule has 0 heterocycles. The number of ether oxygens (including phenoxy) is 1. The van der Waals surface area contributed by atoms with Crippen molar-refractivity contribution < 1.29 is 14.2 Å². The molecular formula is C14H11Br2FO2. The van der Waals surface area contributed by atoms with Crippen molar-refractivity contribution in [2.45, 2.75) is 13.0 Å². The molecule has 2 aromatic rings. The summed E-state index contributed by atoms with van der Waals surface area (Å²) < 4.78 is 20.3. The topological polar surface area (TPSA) is 29.5 Å². The van der Waals surface area contributed by atoms with Gasteiger partial charge in [-0.1, -0.05) is 22.0 Å². The van der Waals surface area contributed by atoms with Gasteiger partial charge in [-0.25, -0.2) is 4.39 Å². The van der Waals surface area contributed by atoms with Gasteiger partial charge in [-0.15, -0.1) is 0 Å². The predicted molar refractivity (Wildman–Crippen MR) is 78.9 cm³/mol. The smallest absolute Gasteiger partial charge is 0.141 e.